The lowest BCUT2D eigenvalue weighted by Gasteiger charge is -2.23. The van der Waals surface area contributed by atoms with Gasteiger partial charge in [0, 0.05) is 13.6 Å². The van der Waals surface area contributed by atoms with Gasteiger partial charge in [0.1, 0.15) is 0 Å². The normalized spacial score (nSPS) is 22.5. The third-order valence-electron chi connectivity index (χ3n) is 4.03. The number of carbonyl (C=O) groups is 1. The zero-order chi connectivity index (χ0) is 13.8. The monoisotopic (exact) mass is 260 g/mol. The molecule has 1 aromatic rings. The lowest BCUT2D eigenvalue weighted by molar-refractivity contribution is -0.133. The van der Waals surface area contributed by atoms with Gasteiger partial charge in [-0.05, 0) is 36.4 Å². The van der Waals surface area contributed by atoms with Gasteiger partial charge in [0.15, 0.2) is 0 Å². The Morgan fingerprint density at radius 2 is 1.95 bits per heavy atom. The van der Waals surface area contributed by atoms with Crippen LogP contribution in [-0.2, 0) is 17.8 Å². The van der Waals surface area contributed by atoms with Gasteiger partial charge >= 0.3 is 0 Å². The first-order chi connectivity index (χ1) is 9.11. The number of benzene rings is 1. The van der Waals surface area contributed by atoms with E-state index >= 15 is 0 Å². The molecule has 1 aliphatic rings. The van der Waals surface area contributed by atoms with Crippen LogP contribution in [0, 0.1) is 5.92 Å². The minimum Gasteiger partial charge on any atom is -0.340 e. The van der Waals surface area contributed by atoms with E-state index in [1.54, 1.807) is 0 Å². The number of rotatable bonds is 4. The van der Waals surface area contributed by atoms with Crippen LogP contribution in [0.4, 0.5) is 0 Å². The van der Waals surface area contributed by atoms with E-state index in [1.165, 1.54) is 11.1 Å². The molecule has 2 atom stereocenters. The van der Waals surface area contributed by atoms with Crippen LogP contribution in [0.1, 0.15) is 31.4 Å². The molecule has 19 heavy (non-hydrogen) atoms. The zero-order valence-corrected chi connectivity index (χ0v) is 12.1. The van der Waals surface area contributed by atoms with E-state index < -0.39 is 0 Å². The fourth-order valence-corrected chi connectivity index (χ4v) is 2.63. The van der Waals surface area contributed by atoms with Crippen LogP contribution in [0.2, 0.25) is 0 Å². The van der Waals surface area contributed by atoms with Gasteiger partial charge < -0.3 is 10.2 Å². The summed E-state index contributed by atoms with van der Waals surface area (Å²) in [6.45, 7) is 5.94. The van der Waals surface area contributed by atoms with Crippen molar-refractivity contribution in [3.63, 3.8) is 0 Å². The summed E-state index contributed by atoms with van der Waals surface area (Å²) in [4.78, 5) is 14.2. The molecule has 0 saturated carbocycles. The Hall–Kier alpha value is -1.35. The average Bonchev–Trinajstić information content (AvgIpc) is 2.85. The molecule has 104 valence electrons. The molecule has 0 radical (unpaired) electrons. The first kappa shape index (κ1) is 14.1. The number of nitrogens with one attached hydrogen (secondary N) is 1. The van der Waals surface area contributed by atoms with E-state index in [2.05, 4.69) is 43.4 Å². The molecule has 3 heteroatoms. The van der Waals surface area contributed by atoms with Crippen molar-refractivity contribution in [2.75, 3.05) is 13.6 Å². The van der Waals surface area contributed by atoms with Crippen LogP contribution in [0.5, 0.6) is 0 Å². The van der Waals surface area contributed by atoms with E-state index in [-0.39, 0.29) is 11.9 Å². The van der Waals surface area contributed by atoms with Crippen LogP contribution in [0.3, 0.4) is 0 Å². The lowest BCUT2D eigenvalue weighted by Crippen LogP contribution is -2.43. The highest BCUT2D eigenvalue weighted by molar-refractivity contribution is 5.82. The quantitative estimate of drug-likeness (QED) is 0.900. The third-order valence-corrected chi connectivity index (χ3v) is 4.03. The van der Waals surface area contributed by atoms with Gasteiger partial charge in [-0.15, -0.1) is 0 Å². The third kappa shape index (κ3) is 3.35. The van der Waals surface area contributed by atoms with Crippen molar-refractivity contribution in [2.45, 2.75) is 39.3 Å². The number of aryl methyl sites for hydroxylation is 1. The van der Waals surface area contributed by atoms with Gasteiger partial charge in [0.25, 0.3) is 0 Å². The van der Waals surface area contributed by atoms with Crippen molar-refractivity contribution in [1.82, 2.24) is 10.2 Å². The Balaban J connectivity index is 1.95. The summed E-state index contributed by atoms with van der Waals surface area (Å²) in [5.41, 5.74) is 2.53. The fourth-order valence-electron chi connectivity index (χ4n) is 2.63. The van der Waals surface area contributed by atoms with Gasteiger partial charge in [-0.3, -0.25) is 4.79 Å². The molecule has 0 bridgehead atoms. The first-order valence-electron chi connectivity index (χ1n) is 7.18. The van der Waals surface area contributed by atoms with Crippen molar-refractivity contribution in [1.29, 1.82) is 0 Å². The molecule has 0 aromatic heterocycles. The summed E-state index contributed by atoms with van der Waals surface area (Å²) in [5.74, 6) is 0.655. The van der Waals surface area contributed by atoms with Crippen molar-refractivity contribution in [3.05, 3.63) is 35.4 Å². The second-order valence-electron chi connectivity index (χ2n) is 5.56. The van der Waals surface area contributed by atoms with Crippen LogP contribution in [-0.4, -0.2) is 30.4 Å². The minimum atomic E-state index is -0.0000787. The Labute approximate surface area is 116 Å². The molecular formula is C16H24N2O. The van der Waals surface area contributed by atoms with Crippen LogP contribution in [0.15, 0.2) is 24.3 Å². The Kier molecular flexibility index (Phi) is 4.59. The average molecular weight is 260 g/mol. The maximum atomic E-state index is 12.3. The highest BCUT2D eigenvalue weighted by Crippen LogP contribution is 2.17. The predicted molar refractivity (Wildman–Crippen MR) is 77.9 cm³/mol. The van der Waals surface area contributed by atoms with Gasteiger partial charge in [-0.1, -0.05) is 38.1 Å². The van der Waals surface area contributed by atoms with E-state index in [1.807, 2.05) is 11.9 Å². The van der Waals surface area contributed by atoms with Crippen molar-refractivity contribution < 1.29 is 4.79 Å². The number of hydrogen-bond donors (Lipinski definition) is 1. The molecule has 2 unspecified atom stereocenters. The van der Waals surface area contributed by atoms with Crippen LogP contribution in [0.25, 0.3) is 0 Å². The molecule has 2 rings (SSSR count). The second-order valence-corrected chi connectivity index (χ2v) is 5.56. The Morgan fingerprint density at radius 1 is 1.32 bits per heavy atom. The molecule has 1 heterocycles. The standard InChI is InChI=1S/C16H24N2O/c1-4-13-5-7-14(8-6-13)11-18(3)16(19)15-12(2)9-10-17-15/h5-8,12,15,17H,4,9-11H2,1-3H3. The van der Waals surface area contributed by atoms with Crippen LogP contribution < -0.4 is 5.32 Å². The topological polar surface area (TPSA) is 32.3 Å². The van der Waals surface area contributed by atoms with Crippen molar-refractivity contribution in [2.24, 2.45) is 5.92 Å². The largest absolute Gasteiger partial charge is 0.340 e. The summed E-state index contributed by atoms with van der Waals surface area (Å²) >= 11 is 0. The molecular weight excluding hydrogens is 236 g/mol. The number of amides is 1. The molecule has 1 fully saturated rings. The van der Waals surface area contributed by atoms with Gasteiger partial charge in [0.05, 0.1) is 6.04 Å². The maximum absolute atomic E-state index is 12.3. The summed E-state index contributed by atoms with van der Waals surface area (Å²) in [5, 5.41) is 3.30. The van der Waals surface area contributed by atoms with Gasteiger partial charge in [-0.2, -0.15) is 0 Å². The molecule has 0 aliphatic carbocycles. The van der Waals surface area contributed by atoms with E-state index in [4.69, 9.17) is 0 Å². The summed E-state index contributed by atoms with van der Waals surface area (Å²) in [6, 6.07) is 8.52. The highest BCUT2D eigenvalue weighted by Gasteiger charge is 2.31. The predicted octanol–water partition coefficient (Wildman–Crippen LogP) is 2.21. The first-order valence-corrected chi connectivity index (χ1v) is 7.18. The SMILES string of the molecule is CCc1ccc(CN(C)C(=O)C2NCCC2C)cc1. The second kappa shape index (κ2) is 6.20. The van der Waals surface area contributed by atoms with Crippen molar-refractivity contribution >= 4 is 5.91 Å². The molecule has 1 amide bonds. The zero-order valence-electron chi connectivity index (χ0n) is 12.1. The number of likely N-dealkylation sites (N-methyl/N-ethyl adjacent to an activating group) is 1. The van der Waals surface area contributed by atoms with E-state index in [0.717, 1.165) is 19.4 Å². The number of hydrogen-bond acceptors (Lipinski definition) is 2. The minimum absolute atomic E-state index is 0.0000787. The maximum Gasteiger partial charge on any atom is 0.240 e. The Bertz CT molecular complexity index is 427. The summed E-state index contributed by atoms with van der Waals surface area (Å²) in [6.07, 6.45) is 2.15. The highest BCUT2D eigenvalue weighted by atomic mass is 16.2. The fraction of sp³-hybridized carbons (Fsp3) is 0.562. The van der Waals surface area contributed by atoms with E-state index in [0.29, 0.717) is 12.5 Å². The summed E-state index contributed by atoms with van der Waals surface area (Å²) in [7, 11) is 1.89. The number of carbonyl (C=O) groups excluding carboxylic acids is 1. The molecule has 1 N–H and O–H groups in total. The molecule has 3 nitrogen and oxygen atoms in total. The van der Waals surface area contributed by atoms with Crippen molar-refractivity contribution in [3.8, 4) is 0 Å². The molecule has 1 aliphatic heterocycles. The smallest absolute Gasteiger partial charge is 0.240 e. The molecule has 1 aromatic carbocycles. The van der Waals surface area contributed by atoms with E-state index in [9.17, 15) is 4.79 Å². The Morgan fingerprint density at radius 3 is 2.47 bits per heavy atom. The summed E-state index contributed by atoms with van der Waals surface area (Å²) < 4.78 is 0. The van der Waals surface area contributed by atoms with Gasteiger partial charge in [-0.25, -0.2) is 0 Å². The van der Waals surface area contributed by atoms with Crippen LogP contribution >= 0.6 is 0 Å². The lowest BCUT2D eigenvalue weighted by atomic mass is 10.0. The molecule has 1 saturated heterocycles. The van der Waals surface area contributed by atoms with Gasteiger partial charge in [0.2, 0.25) is 5.91 Å². The molecule has 0 spiro atoms. The number of nitrogens with zero attached hydrogens (tertiary/aromatic N) is 1.